The van der Waals surface area contributed by atoms with Crippen molar-refractivity contribution in [1.29, 1.82) is 0 Å². The summed E-state index contributed by atoms with van der Waals surface area (Å²) in [6, 6.07) is 18.1. The lowest BCUT2D eigenvalue weighted by Gasteiger charge is -2.37. The van der Waals surface area contributed by atoms with Crippen LogP contribution in [-0.4, -0.2) is 6.04 Å². The Bertz CT molecular complexity index is 707. The fourth-order valence-corrected chi connectivity index (χ4v) is 3.49. The van der Waals surface area contributed by atoms with Gasteiger partial charge in [-0.1, -0.05) is 42.5 Å². The van der Waals surface area contributed by atoms with Crippen LogP contribution in [-0.2, 0) is 0 Å². The molecule has 0 saturated heterocycles. The van der Waals surface area contributed by atoms with Gasteiger partial charge in [0.1, 0.15) is 6.04 Å². The van der Waals surface area contributed by atoms with Crippen LogP contribution in [0, 0.1) is 0 Å². The summed E-state index contributed by atoms with van der Waals surface area (Å²) in [5.41, 5.74) is 9.90. The zero-order chi connectivity index (χ0) is 13.1. The summed E-state index contributed by atoms with van der Waals surface area (Å²) in [6.45, 7) is 0. The van der Waals surface area contributed by atoms with E-state index in [1.165, 1.54) is 33.9 Å². The second-order valence-electron chi connectivity index (χ2n) is 5.74. The van der Waals surface area contributed by atoms with E-state index in [1.807, 2.05) is 6.20 Å². The zero-order valence-corrected chi connectivity index (χ0v) is 11.0. The van der Waals surface area contributed by atoms with Crippen LogP contribution in [0.5, 0.6) is 0 Å². The van der Waals surface area contributed by atoms with Gasteiger partial charge in [-0.25, -0.2) is 5.01 Å². The van der Waals surface area contributed by atoms with Crippen LogP contribution in [0.4, 0.5) is 5.69 Å². The number of hydrogen-bond donors (Lipinski definition) is 1. The summed E-state index contributed by atoms with van der Waals surface area (Å²) in [7, 11) is 0. The summed E-state index contributed by atoms with van der Waals surface area (Å²) in [4.78, 5) is 0. The van der Waals surface area contributed by atoms with Crippen molar-refractivity contribution in [3.8, 4) is 11.1 Å². The highest BCUT2D eigenvalue weighted by Crippen LogP contribution is 2.48. The van der Waals surface area contributed by atoms with E-state index in [1.54, 1.807) is 0 Å². The highest BCUT2D eigenvalue weighted by molar-refractivity contribution is 5.72. The molecule has 0 amide bonds. The van der Waals surface area contributed by atoms with Crippen LogP contribution in [0.25, 0.3) is 16.6 Å². The maximum Gasteiger partial charge on any atom is 0.113 e. The molecule has 98 valence electrons. The number of anilines is 1. The molecule has 0 bridgehead atoms. The van der Waals surface area contributed by atoms with Crippen molar-refractivity contribution in [2.45, 2.75) is 18.4 Å². The fourth-order valence-electron chi connectivity index (χ4n) is 3.49. The topological polar surface area (TPSA) is 21.8 Å². The molecule has 5 rings (SSSR count). The van der Waals surface area contributed by atoms with Gasteiger partial charge in [0.05, 0.1) is 5.69 Å². The molecule has 0 radical (unpaired) electrons. The van der Waals surface area contributed by atoms with E-state index < -0.39 is 0 Å². The third kappa shape index (κ3) is 1.33. The smallest absolute Gasteiger partial charge is 0.113 e. The molecule has 3 heteroatoms. The number of benzene rings is 2. The number of nitrogens with one attached hydrogen (secondary N) is 1. The molecular formula is C17H15N3. The van der Waals surface area contributed by atoms with E-state index >= 15 is 0 Å². The monoisotopic (exact) mass is 261 g/mol. The Morgan fingerprint density at radius 3 is 2.85 bits per heavy atom. The van der Waals surface area contributed by atoms with Crippen LogP contribution >= 0.6 is 0 Å². The average molecular weight is 261 g/mol. The Labute approximate surface area is 118 Å². The molecule has 2 heterocycles. The van der Waals surface area contributed by atoms with Crippen LogP contribution < -0.4 is 10.1 Å². The summed E-state index contributed by atoms with van der Waals surface area (Å²) >= 11 is 0. The summed E-state index contributed by atoms with van der Waals surface area (Å²) in [5, 5.41) is 3.52. The van der Waals surface area contributed by atoms with Gasteiger partial charge in [-0.2, -0.15) is 0 Å². The number of quaternary nitrogens is 1. The molecule has 1 aliphatic carbocycles. The van der Waals surface area contributed by atoms with Gasteiger partial charge in [0.15, 0.2) is 0 Å². The van der Waals surface area contributed by atoms with Crippen molar-refractivity contribution >= 4 is 5.69 Å². The van der Waals surface area contributed by atoms with Gasteiger partial charge in [0.2, 0.25) is 0 Å². The molecule has 0 spiro atoms. The largest absolute Gasteiger partial charge is 0.467 e. The Balaban J connectivity index is 1.66. The maximum absolute atomic E-state index is 4.54. The molecule has 1 fully saturated rings. The third-order valence-corrected chi connectivity index (χ3v) is 4.59. The molecule has 2 aromatic carbocycles. The van der Waals surface area contributed by atoms with Gasteiger partial charge in [-0.05, 0) is 22.8 Å². The SMILES string of the molecule is C1=CN2c3cc(-c4ccccc4)ccc3C3C[C@@H]3[NH+]2[N-]1. The van der Waals surface area contributed by atoms with Gasteiger partial charge in [0.25, 0.3) is 0 Å². The van der Waals surface area contributed by atoms with Crippen molar-refractivity contribution < 1.29 is 5.12 Å². The quantitative estimate of drug-likeness (QED) is 0.837. The number of fused-ring (bicyclic) bond motifs is 6. The normalized spacial score (nSPS) is 28.4. The van der Waals surface area contributed by atoms with Crippen LogP contribution in [0.1, 0.15) is 17.9 Å². The van der Waals surface area contributed by atoms with Crippen LogP contribution in [0.2, 0.25) is 0 Å². The number of rotatable bonds is 1. The van der Waals surface area contributed by atoms with Crippen molar-refractivity contribution in [3.05, 3.63) is 71.9 Å². The molecule has 2 aromatic rings. The van der Waals surface area contributed by atoms with E-state index in [0.717, 1.165) is 0 Å². The van der Waals surface area contributed by atoms with Crippen molar-refractivity contribution in [1.82, 2.24) is 0 Å². The van der Waals surface area contributed by atoms with E-state index in [4.69, 9.17) is 0 Å². The van der Waals surface area contributed by atoms with Gasteiger partial charge in [0, 0.05) is 18.5 Å². The predicted molar refractivity (Wildman–Crippen MR) is 79.0 cm³/mol. The molecule has 3 nitrogen and oxygen atoms in total. The summed E-state index contributed by atoms with van der Waals surface area (Å²) in [6.07, 6.45) is 5.28. The van der Waals surface area contributed by atoms with Crippen molar-refractivity contribution in [3.63, 3.8) is 0 Å². The number of hydrogen-bond acceptors (Lipinski definition) is 1. The van der Waals surface area contributed by atoms with Crippen LogP contribution in [0.3, 0.4) is 0 Å². The Kier molecular flexibility index (Phi) is 1.92. The average Bonchev–Trinajstić information content (AvgIpc) is 3.17. The molecular weight excluding hydrogens is 246 g/mol. The van der Waals surface area contributed by atoms with Gasteiger partial charge < -0.3 is 5.43 Å². The lowest BCUT2D eigenvalue weighted by atomic mass is 9.99. The van der Waals surface area contributed by atoms with E-state index in [0.29, 0.717) is 12.0 Å². The van der Waals surface area contributed by atoms with Crippen molar-refractivity contribution in [2.24, 2.45) is 0 Å². The molecule has 2 aliphatic heterocycles. The van der Waals surface area contributed by atoms with Crippen LogP contribution in [0.15, 0.2) is 60.9 Å². The highest BCUT2D eigenvalue weighted by Gasteiger charge is 2.52. The molecule has 0 aromatic heterocycles. The summed E-state index contributed by atoms with van der Waals surface area (Å²) < 4.78 is 0. The lowest BCUT2D eigenvalue weighted by molar-refractivity contribution is -0.873. The van der Waals surface area contributed by atoms with E-state index in [2.05, 4.69) is 65.2 Å². The second-order valence-corrected chi connectivity index (χ2v) is 5.74. The van der Waals surface area contributed by atoms with Gasteiger partial charge in [-0.15, -0.1) is 6.20 Å². The second kappa shape index (κ2) is 3.64. The number of nitrogens with zero attached hydrogens (tertiary/aromatic N) is 2. The standard InChI is InChI=1S/C17H15N3/c1-2-4-12(5-3-1)13-6-7-14-15-11-17(15)20-18-8-9-19(20)16(14)10-13/h1-10,15,17,20H,11H2/t15?,17-/m0/s1. The Morgan fingerprint density at radius 2 is 1.95 bits per heavy atom. The van der Waals surface area contributed by atoms with Gasteiger partial charge >= 0.3 is 0 Å². The summed E-state index contributed by atoms with van der Waals surface area (Å²) in [5.74, 6) is 0.699. The molecule has 20 heavy (non-hydrogen) atoms. The zero-order valence-electron chi connectivity index (χ0n) is 11.0. The first-order valence-corrected chi connectivity index (χ1v) is 7.15. The molecule has 3 aliphatic rings. The predicted octanol–water partition coefficient (Wildman–Crippen LogP) is 2.60. The third-order valence-electron chi connectivity index (χ3n) is 4.59. The molecule has 1 saturated carbocycles. The first-order valence-electron chi connectivity index (χ1n) is 7.15. The first-order chi connectivity index (χ1) is 9.92. The van der Waals surface area contributed by atoms with Gasteiger partial charge in [-0.3, -0.25) is 5.12 Å². The minimum Gasteiger partial charge on any atom is -0.467 e. The fraction of sp³-hybridized carbons (Fsp3) is 0.176. The Morgan fingerprint density at radius 1 is 1.05 bits per heavy atom. The minimum absolute atomic E-state index is 0.653. The Hall–Kier alpha value is -2.26. The van der Waals surface area contributed by atoms with Crippen molar-refractivity contribution in [2.75, 3.05) is 5.01 Å². The highest BCUT2D eigenvalue weighted by atomic mass is 15.8. The maximum atomic E-state index is 4.54. The molecule has 1 N–H and O–H groups in total. The molecule has 3 atom stereocenters. The lowest BCUT2D eigenvalue weighted by Crippen LogP contribution is -3.15. The van der Waals surface area contributed by atoms with E-state index in [9.17, 15) is 0 Å². The molecule has 2 unspecified atom stereocenters. The minimum atomic E-state index is 0.653. The van der Waals surface area contributed by atoms with E-state index in [-0.39, 0.29) is 0 Å². The first kappa shape index (κ1) is 10.5.